The maximum atomic E-state index is 10.0. The van der Waals surface area contributed by atoms with Gasteiger partial charge in [-0.2, -0.15) is 0 Å². The highest BCUT2D eigenvalue weighted by atomic mass is 16.5. The monoisotopic (exact) mass is 250 g/mol. The number of hydrogen-bond donors (Lipinski definition) is 3. The summed E-state index contributed by atoms with van der Waals surface area (Å²) in [5.74, 6) is -0.670. The third-order valence-electron chi connectivity index (χ3n) is 1.97. The van der Waals surface area contributed by atoms with Crippen LogP contribution in [-0.4, -0.2) is 47.7 Å². The molecular weight excluding hydrogens is 224 g/mol. The predicted molar refractivity (Wildman–Crippen MR) is 66.0 cm³/mol. The number of rotatable bonds is 10. The highest BCUT2D eigenvalue weighted by Gasteiger charge is 1.94. The van der Waals surface area contributed by atoms with Crippen molar-refractivity contribution in [2.45, 2.75) is 45.4 Å². The van der Waals surface area contributed by atoms with Gasteiger partial charge in [0.05, 0.1) is 26.4 Å². The molecule has 5 heteroatoms. The van der Waals surface area contributed by atoms with E-state index in [-0.39, 0.29) is 13.2 Å². The van der Waals surface area contributed by atoms with Crippen LogP contribution in [0.5, 0.6) is 0 Å². The van der Waals surface area contributed by atoms with Crippen LogP contribution >= 0.6 is 0 Å². The Balaban J connectivity index is 0. The number of unbranched alkanes of at least 4 members (excludes halogenated alkanes) is 4. The number of hydrogen-bond acceptors (Lipinski definition) is 4. The van der Waals surface area contributed by atoms with Crippen LogP contribution < -0.4 is 0 Å². The maximum absolute atomic E-state index is 10.0. The van der Waals surface area contributed by atoms with E-state index >= 15 is 0 Å². The molecule has 0 fully saturated rings. The number of aliphatic carboxylic acids is 1. The molecule has 0 atom stereocenters. The van der Waals surface area contributed by atoms with Gasteiger partial charge in [0.25, 0.3) is 0 Å². The number of aliphatic hydroxyl groups is 2. The maximum Gasteiger partial charge on any atom is 0.303 e. The number of ether oxygens (including phenoxy) is 1. The average molecular weight is 250 g/mol. The van der Waals surface area contributed by atoms with Crippen LogP contribution in [0.15, 0.2) is 0 Å². The van der Waals surface area contributed by atoms with Crippen LogP contribution in [0.25, 0.3) is 0 Å². The molecule has 0 aliphatic carbocycles. The summed E-state index contributed by atoms with van der Waals surface area (Å²) in [5.41, 5.74) is 0. The molecule has 0 rings (SSSR count). The summed E-state index contributed by atoms with van der Waals surface area (Å²) >= 11 is 0. The van der Waals surface area contributed by atoms with Gasteiger partial charge in [-0.3, -0.25) is 4.79 Å². The lowest BCUT2D eigenvalue weighted by Gasteiger charge is -1.95. The van der Waals surface area contributed by atoms with E-state index in [2.05, 4.69) is 11.7 Å². The molecule has 104 valence electrons. The first-order valence-corrected chi connectivity index (χ1v) is 6.20. The molecule has 3 N–H and O–H groups in total. The first kappa shape index (κ1) is 18.7. The van der Waals surface area contributed by atoms with Gasteiger partial charge >= 0.3 is 5.97 Å². The van der Waals surface area contributed by atoms with Crippen molar-refractivity contribution in [3.8, 4) is 0 Å². The summed E-state index contributed by atoms with van der Waals surface area (Å²) < 4.78 is 4.63. The first-order valence-electron chi connectivity index (χ1n) is 6.20. The summed E-state index contributed by atoms with van der Waals surface area (Å²) in [7, 11) is 0. The summed E-state index contributed by atoms with van der Waals surface area (Å²) in [6.07, 6.45) is 5.88. The zero-order valence-electron chi connectivity index (χ0n) is 10.7. The molecule has 0 spiro atoms. The highest BCUT2D eigenvalue weighted by molar-refractivity contribution is 5.66. The van der Waals surface area contributed by atoms with Gasteiger partial charge in [-0.05, 0) is 6.42 Å². The third kappa shape index (κ3) is 25.5. The van der Waals surface area contributed by atoms with Crippen molar-refractivity contribution in [3.05, 3.63) is 0 Å². The second kappa shape index (κ2) is 17.7. The predicted octanol–water partition coefficient (Wildman–Crippen LogP) is 1.42. The minimum atomic E-state index is -0.670. The fourth-order valence-electron chi connectivity index (χ4n) is 1.11. The summed E-state index contributed by atoms with van der Waals surface area (Å²) in [4.78, 5) is 10.0. The van der Waals surface area contributed by atoms with E-state index in [4.69, 9.17) is 15.3 Å². The van der Waals surface area contributed by atoms with Gasteiger partial charge < -0.3 is 20.1 Å². The first-order chi connectivity index (χ1) is 8.18. The number of aliphatic hydroxyl groups excluding tert-OH is 2. The van der Waals surface area contributed by atoms with E-state index in [1.807, 2.05) is 0 Å². The number of carboxylic acids is 1. The SMILES string of the molecule is CCCCCCCC(=O)O.OCCOCCO. The Labute approximate surface area is 103 Å². The van der Waals surface area contributed by atoms with Gasteiger partial charge in [0.2, 0.25) is 0 Å². The third-order valence-corrected chi connectivity index (χ3v) is 1.97. The summed E-state index contributed by atoms with van der Waals surface area (Å²) in [6.45, 7) is 2.85. The van der Waals surface area contributed by atoms with Crippen molar-refractivity contribution in [1.29, 1.82) is 0 Å². The number of carbonyl (C=O) groups is 1. The Hall–Kier alpha value is -0.650. The standard InChI is InChI=1S/C8H16O2.C4H10O3/c1-2-3-4-5-6-7-8(9)10;5-1-3-7-4-2-6/h2-7H2,1H3,(H,9,10);5-6H,1-4H2. The lowest BCUT2D eigenvalue weighted by atomic mass is 10.1. The zero-order valence-corrected chi connectivity index (χ0v) is 10.7. The van der Waals surface area contributed by atoms with Crippen LogP contribution in [0.4, 0.5) is 0 Å². The van der Waals surface area contributed by atoms with Gasteiger partial charge in [0.1, 0.15) is 0 Å². The average Bonchev–Trinajstić information content (AvgIpc) is 2.30. The smallest absolute Gasteiger partial charge is 0.303 e. The van der Waals surface area contributed by atoms with Crippen LogP contribution in [0.3, 0.4) is 0 Å². The van der Waals surface area contributed by atoms with E-state index in [0.717, 1.165) is 12.8 Å². The summed E-state index contributed by atoms with van der Waals surface area (Å²) in [6, 6.07) is 0. The topological polar surface area (TPSA) is 87.0 Å². The van der Waals surface area contributed by atoms with Crippen molar-refractivity contribution < 1.29 is 24.9 Å². The Morgan fingerprint density at radius 2 is 1.53 bits per heavy atom. The van der Waals surface area contributed by atoms with Crippen molar-refractivity contribution in [2.24, 2.45) is 0 Å². The van der Waals surface area contributed by atoms with Crippen molar-refractivity contribution in [2.75, 3.05) is 26.4 Å². The molecular formula is C12H26O5. The number of carboxylic acid groups (broad SMARTS) is 1. The van der Waals surface area contributed by atoms with Gasteiger partial charge in [-0.1, -0.05) is 32.6 Å². The van der Waals surface area contributed by atoms with E-state index in [1.165, 1.54) is 19.3 Å². The van der Waals surface area contributed by atoms with Gasteiger partial charge in [-0.15, -0.1) is 0 Å². The molecule has 17 heavy (non-hydrogen) atoms. The van der Waals surface area contributed by atoms with Crippen molar-refractivity contribution in [1.82, 2.24) is 0 Å². The van der Waals surface area contributed by atoms with Crippen molar-refractivity contribution in [3.63, 3.8) is 0 Å². The lowest BCUT2D eigenvalue weighted by molar-refractivity contribution is -0.137. The Bertz CT molecular complexity index is 146. The molecule has 0 aliphatic rings. The minimum absolute atomic E-state index is 0.0278. The molecule has 0 saturated carbocycles. The molecule has 0 unspecified atom stereocenters. The molecule has 0 aliphatic heterocycles. The molecule has 5 nitrogen and oxygen atoms in total. The second-order valence-electron chi connectivity index (χ2n) is 3.62. The fraction of sp³-hybridized carbons (Fsp3) is 0.917. The molecule has 0 aromatic carbocycles. The van der Waals surface area contributed by atoms with E-state index in [9.17, 15) is 4.79 Å². The largest absolute Gasteiger partial charge is 0.481 e. The van der Waals surface area contributed by atoms with Crippen LogP contribution in [0.2, 0.25) is 0 Å². The quantitative estimate of drug-likeness (QED) is 0.510. The Morgan fingerprint density at radius 1 is 1.00 bits per heavy atom. The highest BCUT2D eigenvalue weighted by Crippen LogP contribution is 2.04. The molecule has 0 bridgehead atoms. The van der Waals surface area contributed by atoms with E-state index in [1.54, 1.807) is 0 Å². The molecule has 0 amide bonds. The molecule has 0 heterocycles. The minimum Gasteiger partial charge on any atom is -0.481 e. The molecule has 0 saturated heterocycles. The van der Waals surface area contributed by atoms with Gasteiger partial charge in [-0.25, -0.2) is 0 Å². The van der Waals surface area contributed by atoms with Gasteiger partial charge in [0, 0.05) is 6.42 Å². The van der Waals surface area contributed by atoms with E-state index in [0.29, 0.717) is 19.6 Å². The second-order valence-corrected chi connectivity index (χ2v) is 3.62. The van der Waals surface area contributed by atoms with Crippen LogP contribution in [0.1, 0.15) is 45.4 Å². The Morgan fingerprint density at radius 3 is 1.94 bits per heavy atom. The lowest BCUT2D eigenvalue weighted by Crippen LogP contribution is -2.03. The summed E-state index contributed by atoms with van der Waals surface area (Å²) in [5, 5.41) is 24.4. The molecule has 0 radical (unpaired) electrons. The normalized spacial score (nSPS) is 9.59. The van der Waals surface area contributed by atoms with Crippen molar-refractivity contribution >= 4 is 5.97 Å². The van der Waals surface area contributed by atoms with E-state index < -0.39 is 5.97 Å². The Kier molecular flexibility index (Phi) is 19.5. The van der Waals surface area contributed by atoms with Crippen LogP contribution in [-0.2, 0) is 9.53 Å². The zero-order chi connectivity index (χ0) is 13.4. The van der Waals surface area contributed by atoms with Gasteiger partial charge in [0.15, 0.2) is 0 Å². The molecule has 0 aromatic heterocycles. The fourth-order valence-corrected chi connectivity index (χ4v) is 1.11. The van der Waals surface area contributed by atoms with Crippen LogP contribution in [0, 0.1) is 0 Å². The molecule has 0 aromatic rings.